The summed E-state index contributed by atoms with van der Waals surface area (Å²) in [4.78, 5) is 52.4. The van der Waals surface area contributed by atoms with Crippen molar-refractivity contribution in [1.82, 2.24) is 31.0 Å². The molecule has 0 radical (unpaired) electrons. The van der Waals surface area contributed by atoms with E-state index in [9.17, 15) is 24.3 Å². The third-order valence-corrected chi connectivity index (χ3v) is 8.38. The fourth-order valence-corrected chi connectivity index (χ4v) is 5.62. The monoisotopic (exact) mass is 662 g/mol. The highest BCUT2D eigenvalue weighted by molar-refractivity contribution is 7.98. The van der Waals surface area contributed by atoms with Gasteiger partial charge in [0.25, 0.3) is 0 Å². The lowest BCUT2D eigenvalue weighted by atomic mass is 9.91. The average molecular weight is 663 g/mol. The van der Waals surface area contributed by atoms with E-state index in [2.05, 4.69) is 26.4 Å². The van der Waals surface area contributed by atoms with Crippen molar-refractivity contribution < 1.29 is 28.7 Å². The normalized spacial score (nSPS) is 14.8. The van der Waals surface area contributed by atoms with E-state index in [1.807, 2.05) is 53.9 Å². The van der Waals surface area contributed by atoms with Crippen LogP contribution in [0.3, 0.4) is 0 Å². The lowest BCUT2D eigenvalue weighted by molar-refractivity contribution is -0.133. The summed E-state index contributed by atoms with van der Waals surface area (Å²) in [6.45, 7) is 13.8. The van der Waals surface area contributed by atoms with Crippen LogP contribution in [-0.4, -0.2) is 74.8 Å². The number of aryl methyl sites for hydroxylation is 3. The van der Waals surface area contributed by atoms with E-state index in [0.717, 1.165) is 11.4 Å². The first-order chi connectivity index (χ1) is 21.7. The number of aliphatic hydroxyl groups excluding tert-OH is 1. The molecule has 0 bridgehead atoms. The summed E-state index contributed by atoms with van der Waals surface area (Å²) in [5.41, 5.74) is 1.84. The van der Waals surface area contributed by atoms with Crippen molar-refractivity contribution in [3.05, 3.63) is 41.6 Å². The molecule has 0 fully saturated rings. The average Bonchev–Trinajstić information content (AvgIpc) is 3.62. The topological polar surface area (TPSA) is 168 Å². The zero-order valence-corrected chi connectivity index (χ0v) is 29.4. The smallest absolute Gasteiger partial charge is 0.243 e. The van der Waals surface area contributed by atoms with Crippen molar-refractivity contribution in [2.75, 3.05) is 12.0 Å². The maximum Gasteiger partial charge on any atom is 0.243 e. The van der Waals surface area contributed by atoms with Crippen LogP contribution < -0.4 is 21.3 Å². The molecule has 0 saturated heterocycles. The van der Waals surface area contributed by atoms with Crippen LogP contribution in [0.5, 0.6) is 0 Å². The molecule has 0 saturated carbocycles. The van der Waals surface area contributed by atoms with Gasteiger partial charge in [-0.05, 0) is 75.2 Å². The molecule has 0 aliphatic carbocycles. The summed E-state index contributed by atoms with van der Waals surface area (Å²) in [7, 11) is 0. The van der Waals surface area contributed by atoms with Crippen LogP contribution in [0.4, 0.5) is 0 Å². The number of aromatic nitrogens is 2. The second-order valence-electron chi connectivity index (χ2n) is 12.8. The van der Waals surface area contributed by atoms with Crippen molar-refractivity contribution in [1.29, 1.82) is 0 Å². The molecule has 258 valence electrons. The predicted molar refractivity (Wildman–Crippen MR) is 180 cm³/mol. The van der Waals surface area contributed by atoms with Gasteiger partial charge in [0.2, 0.25) is 23.6 Å². The van der Waals surface area contributed by atoms with E-state index in [0.29, 0.717) is 30.9 Å². The summed E-state index contributed by atoms with van der Waals surface area (Å²) in [6, 6.07) is 3.26. The molecule has 12 nitrogen and oxygen atoms in total. The molecule has 0 aromatic carbocycles. The standard InChI is InChI=1S/C33H54N6O6S/c1-20(2)16-27(36-32(43)26(12-15-46-8)35-29(41)11-13-39-24(7)18-23(6)38-39)28(40)17-22(5)31(42)37-30(21(3)4)33(44)34-19-25-10-9-14-45-25/h9-10,14,18,20-22,26-28,30,40H,11-13,15-17,19H2,1-8H3,(H,34,44)(H,35,41)(H,36,43)(H,37,42)/t22-,26+,27+,28+,30+/m1/s1. The Hall–Kier alpha value is -3.32. The molecule has 5 N–H and O–H groups in total. The lowest BCUT2D eigenvalue weighted by Crippen LogP contribution is -2.54. The summed E-state index contributed by atoms with van der Waals surface area (Å²) in [5.74, 6) is -0.723. The Bertz CT molecular complexity index is 1250. The summed E-state index contributed by atoms with van der Waals surface area (Å²) in [5, 5.41) is 27.1. The van der Waals surface area contributed by atoms with E-state index >= 15 is 0 Å². The quantitative estimate of drug-likeness (QED) is 0.144. The molecular formula is C33H54N6O6S. The fourth-order valence-electron chi connectivity index (χ4n) is 5.14. The highest BCUT2D eigenvalue weighted by Gasteiger charge is 2.31. The van der Waals surface area contributed by atoms with Gasteiger partial charge < -0.3 is 30.8 Å². The van der Waals surface area contributed by atoms with Gasteiger partial charge in [0, 0.05) is 24.6 Å². The first kappa shape index (κ1) is 38.9. The maximum absolute atomic E-state index is 13.5. The van der Waals surface area contributed by atoms with Gasteiger partial charge in [-0.25, -0.2) is 0 Å². The van der Waals surface area contributed by atoms with Crippen molar-refractivity contribution in [3.8, 4) is 0 Å². The Labute approximate surface area is 277 Å². The molecule has 2 rings (SSSR count). The Morgan fingerprint density at radius 2 is 1.72 bits per heavy atom. The van der Waals surface area contributed by atoms with Crippen LogP contribution in [0.15, 0.2) is 28.9 Å². The summed E-state index contributed by atoms with van der Waals surface area (Å²) >= 11 is 1.58. The van der Waals surface area contributed by atoms with Gasteiger partial charge in [-0.15, -0.1) is 0 Å². The Morgan fingerprint density at radius 1 is 1.00 bits per heavy atom. The molecule has 4 amide bonds. The number of nitrogens with zero attached hydrogens (tertiary/aromatic N) is 2. The van der Waals surface area contributed by atoms with E-state index < -0.39 is 30.1 Å². The van der Waals surface area contributed by atoms with Gasteiger partial charge in [-0.3, -0.25) is 23.9 Å². The van der Waals surface area contributed by atoms with Gasteiger partial charge in [0.1, 0.15) is 17.8 Å². The number of aliphatic hydroxyl groups is 1. The molecule has 2 aromatic heterocycles. The van der Waals surface area contributed by atoms with Gasteiger partial charge in [-0.1, -0.05) is 34.6 Å². The van der Waals surface area contributed by atoms with Crippen LogP contribution in [-0.2, 0) is 32.3 Å². The second kappa shape index (κ2) is 19.4. The predicted octanol–water partition coefficient (Wildman–Crippen LogP) is 3.10. The number of hydrogen-bond acceptors (Lipinski definition) is 8. The summed E-state index contributed by atoms with van der Waals surface area (Å²) in [6.07, 6.45) is 3.59. The van der Waals surface area contributed by atoms with Gasteiger partial charge in [-0.2, -0.15) is 16.9 Å². The van der Waals surface area contributed by atoms with Crippen LogP contribution >= 0.6 is 11.8 Å². The van der Waals surface area contributed by atoms with E-state index in [1.54, 1.807) is 35.5 Å². The number of rotatable bonds is 20. The molecule has 2 heterocycles. The van der Waals surface area contributed by atoms with E-state index in [1.165, 1.54) is 6.26 Å². The van der Waals surface area contributed by atoms with Crippen LogP contribution in [0.1, 0.15) is 77.5 Å². The van der Waals surface area contributed by atoms with Crippen LogP contribution in [0.2, 0.25) is 0 Å². The zero-order chi connectivity index (χ0) is 34.4. The highest BCUT2D eigenvalue weighted by atomic mass is 32.2. The molecule has 2 aromatic rings. The van der Waals surface area contributed by atoms with E-state index in [-0.39, 0.29) is 54.9 Å². The van der Waals surface area contributed by atoms with Crippen molar-refractivity contribution in [3.63, 3.8) is 0 Å². The number of nitrogens with one attached hydrogen (secondary N) is 4. The maximum atomic E-state index is 13.5. The fraction of sp³-hybridized carbons (Fsp3) is 0.667. The van der Waals surface area contributed by atoms with Gasteiger partial charge in [0.15, 0.2) is 0 Å². The minimum Gasteiger partial charge on any atom is -0.467 e. The molecule has 5 atom stereocenters. The first-order valence-corrected chi connectivity index (χ1v) is 17.5. The second-order valence-corrected chi connectivity index (χ2v) is 13.8. The van der Waals surface area contributed by atoms with Crippen molar-refractivity contribution in [2.45, 2.75) is 111 Å². The molecule has 13 heteroatoms. The van der Waals surface area contributed by atoms with Gasteiger partial charge >= 0.3 is 0 Å². The minimum atomic E-state index is -1.03. The van der Waals surface area contributed by atoms with Crippen LogP contribution in [0.25, 0.3) is 0 Å². The molecule has 0 unspecified atom stereocenters. The van der Waals surface area contributed by atoms with Crippen molar-refractivity contribution >= 4 is 35.4 Å². The number of thioether (sulfide) groups is 1. The minimum absolute atomic E-state index is 0.0762. The third-order valence-electron chi connectivity index (χ3n) is 7.74. The van der Waals surface area contributed by atoms with Crippen LogP contribution in [0, 0.1) is 31.6 Å². The number of hydrogen-bond donors (Lipinski definition) is 5. The molecular weight excluding hydrogens is 608 g/mol. The molecule has 0 spiro atoms. The number of furan rings is 1. The number of carbonyl (C=O) groups excluding carboxylic acids is 4. The Kier molecular flexibility index (Phi) is 16.4. The molecule has 0 aliphatic heterocycles. The van der Waals surface area contributed by atoms with Crippen molar-refractivity contribution in [2.24, 2.45) is 17.8 Å². The SMILES string of the molecule is CSCC[C@H](NC(=O)CCn1nc(C)cc1C)C(=O)N[C@@H](CC(C)C)[C@@H](O)C[C@@H](C)C(=O)N[C@H](C(=O)NCc1ccco1)C(C)C. The Morgan fingerprint density at radius 3 is 2.28 bits per heavy atom. The first-order valence-electron chi connectivity index (χ1n) is 16.1. The number of carbonyl (C=O) groups is 4. The lowest BCUT2D eigenvalue weighted by Gasteiger charge is -2.30. The number of amides is 4. The van der Waals surface area contributed by atoms with Gasteiger partial charge in [0.05, 0.1) is 30.6 Å². The molecule has 0 aliphatic rings. The Balaban J connectivity index is 2.01. The summed E-state index contributed by atoms with van der Waals surface area (Å²) < 4.78 is 7.04. The van der Waals surface area contributed by atoms with E-state index in [4.69, 9.17) is 4.42 Å². The molecule has 46 heavy (non-hydrogen) atoms. The highest BCUT2D eigenvalue weighted by Crippen LogP contribution is 2.17. The zero-order valence-electron chi connectivity index (χ0n) is 28.6. The third kappa shape index (κ3) is 13.2. The largest absolute Gasteiger partial charge is 0.467 e.